The maximum absolute atomic E-state index is 2.46. The van der Waals surface area contributed by atoms with Crippen molar-refractivity contribution in [3.8, 4) is 0 Å². The van der Waals surface area contributed by atoms with Crippen LogP contribution < -0.4 is 0 Å². The zero-order chi connectivity index (χ0) is 9.80. The van der Waals surface area contributed by atoms with Crippen LogP contribution in [-0.2, 0) is 0 Å². The van der Waals surface area contributed by atoms with E-state index in [0.717, 1.165) is 10.5 Å². The van der Waals surface area contributed by atoms with Crippen LogP contribution in [0.15, 0.2) is 0 Å². The van der Waals surface area contributed by atoms with E-state index in [1.54, 1.807) is 0 Å². The van der Waals surface area contributed by atoms with Gasteiger partial charge in [0, 0.05) is 46.5 Å². The highest BCUT2D eigenvalue weighted by Gasteiger charge is 2.22. The molecular formula is C11H20INS. The van der Waals surface area contributed by atoms with Crippen LogP contribution in [-0.4, -0.2) is 26.7 Å². The first kappa shape index (κ1) is 11.5. The van der Waals surface area contributed by atoms with Crippen LogP contribution in [0.3, 0.4) is 0 Å². The lowest BCUT2D eigenvalue weighted by Crippen LogP contribution is -2.29. The summed E-state index contributed by atoms with van der Waals surface area (Å²) in [4.78, 5) is 0. The highest BCUT2D eigenvalue weighted by atomic mass is 127. The second-order valence-electron chi connectivity index (χ2n) is 4.51. The molecule has 0 unspecified atom stereocenters. The molecule has 82 valence electrons. The molecule has 0 spiro atoms. The highest BCUT2D eigenvalue weighted by Crippen LogP contribution is 2.35. The standard InChI is InChI=1S/C11H20INS/c12-13-8-6-11(7-9-13)14-10-4-2-1-3-5-10/h10-11H,1-9H2. The van der Waals surface area contributed by atoms with Gasteiger partial charge in [0.05, 0.1) is 0 Å². The first-order chi connectivity index (χ1) is 6.84. The SMILES string of the molecule is IN1CCC(SC2CCCCC2)CC1. The quantitative estimate of drug-likeness (QED) is 0.560. The summed E-state index contributed by atoms with van der Waals surface area (Å²) in [7, 11) is 0. The van der Waals surface area contributed by atoms with Gasteiger partial charge >= 0.3 is 0 Å². The molecule has 1 aliphatic heterocycles. The predicted octanol–water partition coefficient (Wildman–Crippen LogP) is 3.87. The Balaban J connectivity index is 1.68. The van der Waals surface area contributed by atoms with Crippen molar-refractivity contribution in [3.63, 3.8) is 0 Å². The number of piperidine rings is 1. The summed E-state index contributed by atoms with van der Waals surface area (Å²) in [5.41, 5.74) is 0. The van der Waals surface area contributed by atoms with Crippen molar-refractivity contribution in [2.24, 2.45) is 0 Å². The summed E-state index contributed by atoms with van der Waals surface area (Å²) in [5.74, 6) is 0. The first-order valence-corrected chi connectivity index (χ1v) is 7.81. The van der Waals surface area contributed by atoms with E-state index < -0.39 is 0 Å². The number of rotatable bonds is 2. The average Bonchev–Trinajstić information content (AvgIpc) is 2.23. The van der Waals surface area contributed by atoms with E-state index in [1.165, 1.54) is 58.0 Å². The second-order valence-corrected chi connectivity index (χ2v) is 7.48. The molecule has 1 heterocycles. The maximum atomic E-state index is 2.46. The fourth-order valence-corrected chi connectivity index (χ4v) is 4.62. The molecule has 1 aliphatic carbocycles. The molecule has 0 bridgehead atoms. The Morgan fingerprint density at radius 1 is 0.857 bits per heavy atom. The van der Waals surface area contributed by atoms with Gasteiger partial charge in [-0.2, -0.15) is 11.8 Å². The highest BCUT2D eigenvalue weighted by molar-refractivity contribution is 14.1. The molecule has 2 aliphatic rings. The van der Waals surface area contributed by atoms with Crippen LogP contribution in [0.25, 0.3) is 0 Å². The molecule has 0 atom stereocenters. The molecule has 0 radical (unpaired) electrons. The summed E-state index contributed by atoms with van der Waals surface area (Å²) in [6.45, 7) is 2.62. The molecule has 1 saturated carbocycles. The zero-order valence-corrected chi connectivity index (χ0v) is 11.7. The van der Waals surface area contributed by atoms with Crippen molar-refractivity contribution in [2.75, 3.05) is 13.1 Å². The van der Waals surface area contributed by atoms with Gasteiger partial charge in [0.2, 0.25) is 0 Å². The summed E-state index contributed by atoms with van der Waals surface area (Å²) in [6.07, 6.45) is 10.3. The Morgan fingerprint density at radius 3 is 2.07 bits per heavy atom. The lowest BCUT2D eigenvalue weighted by atomic mass is 10.0. The van der Waals surface area contributed by atoms with Gasteiger partial charge < -0.3 is 0 Å². The van der Waals surface area contributed by atoms with Gasteiger partial charge in [-0.1, -0.05) is 19.3 Å². The third-order valence-corrected chi connectivity index (χ3v) is 6.00. The van der Waals surface area contributed by atoms with Gasteiger partial charge in [-0.3, -0.25) is 0 Å². The Hall–Kier alpha value is 1.04. The largest absolute Gasteiger partial charge is 0.247 e. The van der Waals surface area contributed by atoms with Crippen molar-refractivity contribution in [1.82, 2.24) is 3.11 Å². The monoisotopic (exact) mass is 325 g/mol. The van der Waals surface area contributed by atoms with E-state index in [0.29, 0.717) is 0 Å². The Kier molecular flexibility index (Phi) is 4.89. The van der Waals surface area contributed by atoms with Crippen molar-refractivity contribution < 1.29 is 0 Å². The smallest absolute Gasteiger partial charge is 0.0201 e. The Morgan fingerprint density at radius 2 is 1.43 bits per heavy atom. The zero-order valence-electron chi connectivity index (χ0n) is 8.75. The van der Waals surface area contributed by atoms with E-state index >= 15 is 0 Å². The van der Waals surface area contributed by atoms with Crippen molar-refractivity contribution in [1.29, 1.82) is 0 Å². The molecule has 2 fully saturated rings. The van der Waals surface area contributed by atoms with Crippen molar-refractivity contribution in [3.05, 3.63) is 0 Å². The van der Waals surface area contributed by atoms with E-state index in [9.17, 15) is 0 Å². The minimum absolute atomic E-state index is 0.976. The van der Waals surface area contributed by atoms with Gasteiger partial charge in [0.1, 0.15) is 0 Å². The third-order valence-electron chi connectivity index (χ3n) is 3.32. The number of thioether (sulfide) groups is 1. The van der Waals surface area contributed by atoms with Gasteiger partial charge in [0.25, 0.3) is 0 Å². The minimum atomic E-state index is 0.976. The molecule has 0 aromatic heterocycles. The van der Waals surface area contributed by atoms with Gasteiger partial charge in [-0.15, -0.1) is 0 Å². The molecule has 1 saturated heterocycles. The van der Waals surface area contributed by atoms with E-state index in [2.05, 4.69) is 37.7 Å². The fraction of sp³-hybridized carbons (Fsp3) is 1.00. The average molecular weight is 325 g/mol. The fourth-order valence-electron chi connectivity index (χ4n) is 2.43. The summed E-state index contributed by atoms with van der Waals surface area (Å²) >= 11 is 4.78. The minimum Gasteiger partial charge on any atom is -0.247 e. The summed E-state index contributed by atoms with van der Waals surface area (Å²) < 4.78 is 2.44. The van der Waals surface area contributed by atoms with E-state index in [1.807, 2.05) is 0 Å². The lowest BCUT2D eigenvalue weighted by molar-refractivity contribution is 0.413. The molecule has 3 heteroatoms. The third kappa shape index (κ3) is 3.56. The van der Waals surface area contributed by atoms with Gasteiger partial charge in [0.15, 0.2) is 0 Å². The molecule has 14 heavy (non-hydrogen) atoms. The van der Waals surface area contributed by atoms with Crippen LogP contribution in [0.2, 0.25) is 0 Å². The van der Waals surface area contributed by atoms with Crippen LogP contribution in [0, 0.1) is 0 Å². The maximum Gasteiger partial charge on any atom is 0.0201 e. The molecular weight excluding hydrogens is 305 g/mol. The first-order valence-electron chi connectivity index (χ1n) is 5.91. The van der Waals surface area contributed by atoms with E-state index in [4.69, 9.17) is 0 Å². The van der Waals surface area contributed by atoms with Crippen LogP contribution >= 0.6 is 34.6 Å². The number of nitrogens with zero attached hydrogens (tertiary/aromatic N) is 1. The Bertz CT molecular complexity index is 163. The van der Waals surface area contributed by atoms with Crippen LogP contribution in [0.4, 0.5) is 0 Å². The van der Waals surface area contributed by atoms with Gasteiger partial charge in [-0.05, 0) is 25.7 Å². The predicted molar refractivity (Wildman–Crippen MR) is 73.1 cm³/mol. The molecule has 0 aromatic rings. The van der Waals surface area contributed by atoms with Gasteiger partial charge in [-0.25, -0.2) is 3.11 Å². The number of halogens is 1. The van der Waals surface area contributed by atoms with E-state index in [-0.39, 0.29) is 0 Å². The molecule has 0 aromatic carbocycles. The normalized spacial score (nSPS) is 28.1. The summed E-state index contributed by atoms with van der Waals surface area (Å²) in [5, 5.41) is 1.98. The number of hydrogen-bond donors (Lipinski definition) is 0. The molecule has 2 rings (SSSR count). The second kappa shape index (κ2) is 5.94. The van der Waals surface area contributed by atoms with Crippen molar-refractivity contribution in [2.45, 2.75) is 55.4 Å². The lowest BCUT2D eigenvalue weighted by Gasteiger charge is -2.31. The number of hydrogen-bond acceptors (Lipinski definition) is 2. The van der Waals surface area contributed by atoms with Crippen molar-refractivity contribution >= 4 is 34.6 Å². The molecule has 0 N–H and O–H groups in total. The van der Waals surface area contributed by atoms with Crippen LogP contribution in [0.1, 0.15) is 44.9 Å². The molecule has 1 nitrogen and oxygen atoms in total. The van der Waals surface area contributed by atoms with Crippen LogP contribution in [0.5, 0.6) is 0 Å². The Labute approximate surface area is 106 Å². The topological polar surface area (TPSA) is 3.24 Å². The summed E-state index contributed by atoms with van der Waals surface area (Å²) in [6, 6.07) is 0. The molecule has 0 amide bonds.